The number of likely N-dealkylation sites (N-methyl/N-ethyl adjacent to an activating group) is 1. The molecular weight excluding hydrogens is 326 g/mol. The lowest BCUT2D eigenvalue weighted by Gasteiger charge is -2.19. The number of hydrogen-bond donors (Lipinski definition) is 1. The largest absolute Gasteiger partial charge is 0.367 e. The third-order valence-corrected chi connectivity index (χ3v) is 4.20. The second-order valence-corrected chi connectivity index (χ2v) is 5.96. The molecule has 2 rings (SSSR count). The van der Waals surface area contributed by atoms with Crippen LogP contribution in [0.2, 0.25) is 0 Å². The van der Waals surface area contributed by atoms with Gasteiger partial charge in [-0.3, -0.25) is 0 Å². The monoisotopic (exact) mass is 347 g/mol. The maximum atomic E-state index is 6.14. The van der Waals surface area contributed by atoms with Crippen molar-refractivity contribution in [1.82, 2.24) is 5.32 Å². The second kappa shape index (κ2) is 8.32. The molecule has 1 atom stereocenters. The van der Waals surface area contributed by atoms with Crippen LogP contribution in [-0.4, -0.2) is 13.1 Å². The van der Waals surface area contributed by atoms with Crippen molar-refractivity contribution in [3.63, 3.8) is 0 Å². The summed E-state index contributed by atoms with van der Waals surface area (Å²) in [6.07, 6.45) is 0.0673. The summed E-state index contributed by atoms with van der Waals surface area (Å²) < 4.78 is 7.24. The number of ether oxygens (including phenoxy) is 1. The van der Waals surface area contributed by atoms with Gasteiger partial charge in [0.05, 0.1) is 12.7 Å². The van der Waals surface area contributed by atoms with Gasteiger partial charge < -0.3 is 10.1 Å². The van der Waals surface area contributed by atoms with Crippen LogP contribution in [0.1, 0.15) is 29.7 Å². The first-order chi connectivity index (χ1) is 10.2. The lowest BCUT2D eigenvalue weighted by molar-refractivity contribution is 0.0398. The van der Waals surface area contributed by atoms with Gasteiger partial charge in [-0.15, -0.1) is 0 Å². The quantitative estimate of drug-likeness (QED) is 0.788. The zero-order chi connectivity index (χ0) is 15.1. The molecule has 0 heterocycles. The number of halogens is 1. The molecule has 21 heavy (non-hydrogen) atoms. The van der Waals surface area contributed by atoms with Gasteiger partial charge in [0.15, 0.2) is 0 Å². The van der Waals surface area contributed by atoms with E-state index >= 15 is 0 Å². The van der Waals surface area contributed by atoms with E-state index in [1.54, 1.807) is 0 Å². The first-order valence-electron chi connectivity index (χ1n) is 7.33. The van der Waals surface area contributed by atoms with E-state index in [9.17, 15) is 0 Å². The molecule has 2 aromatic rings. The molecule has 0 radical (unpaired) electrons. The summed E-state index contributed by atoms with van der Waals surface area (Å²) in [5.41, 5.74) is 3.66. The van der Waals surface area contributed by atoms with Gasteiger partial charge in [0, 0.05) is 11.0 Å². The molecule has 0 spiro atoms. The van der Waals surface area contributed by atoms with E-state index in [2.05, 4.69) is 65.4 Å². The molecule has 0 bridgehead atoms. The number of hydrogen-bond acceptors (Lipinski definition) is 2. The Morgan fingerprint density at radius 3 is 2.48 bits per heavy atom. The summed E-state index contributed by atoms with van der Waals surface area (Å²) in [7, 11) is 0. The molecule has 0 aromatic heterocycles. The highest BCUT2D eigenvalue weighted by Gasteiger charge is 2.12. The zero-order valence-electron chi connectivity index (χ0n) is 12.6. The lowest BCUT2D eigenvalue weighted by Crippen LogP contribution is -2.23. The number of benzene rings is 2. The Labute approximate surface area is 135 Å². The van der Waals surface area contributed by atoms with Gasteiger partial charge >= 0.3 is 0 Å². The minimum atomic E-state index is 0.0673. The molecule has 2 aromatic carbocycles. The van der Waals surface area contributed by atoms with Crippen molar-refractivity contribution in [2.45, 2.75) is 26.6 Å². The fourth-order valence-electron chi connectivity index (χ4n) is 2.14. The van der Waals surface area contributed by atoms with E-state index in [0.29, 0.717) is 6.61 Å². The van der Waals surface area contributed by atoms with Crippen LogP contribution in [-0.2, 0) is 11.3 Å². The maximum absolute atomic E-state index is 6.14. The van der Waals surface area contributed by atoms with Crippen LogP contribution in [0.4, 0.5) is 0 Å². The van der Waals surface area contributed by atoms with Crippen molar-refractivity contribution in [3.8, 4) is 0 Å². The molecule has 0 fully saturated rings. The maximum Gasteiger partial charge on any atom is 0.0953 e. The SMILES string of the molecule is CCNCC(OCc1ccccc1Br)c1ccc(C)cc1. The fourth-order valence-corrected chi connectivity index (χ4v) is 2.53. The van der Waals surface area contributed by atoms with Crippen LogP contribution in [0.5, 0.6) is 0 Å². The molecule has 2 nitrogen and oxygen atoms in total. The van der Waals surface area contributed by atoms with Gasteiger partial charge in [-0.2, -0.15) is 0 Å². The molecule has 1 N–H and O–H groups in total. The standard InChI is InChI=1S/C18H22BrNO/c1-3-20-12-18(15-10-8-14(2)9-11-15)21-13-16-6-4-5-7-17(16)19/h4-11,18,20H,3,12-13H2,1-2H3. The summed E-state index contributed by atoms with van der Waals surface area (Å²) in [6.45, 7) is 6.58. The Morgan fingerprint density at radius 1 is 1.10 bits per heavy atom. The topological polar surface area (TPSA) is 21.3 Å². The highest BCUT2D eigenvalue weighted by Crippen LogP contribution is 2.22. The predicted molar refractivity (Wildman–Crippen MR) is 91.4 cm³/mol. The Kier molecular flexibility index (Phi) is 6.43. The summed E-state index contributed by atoms with van der Waals surface area (Å²) >= 11 is 3.57. The summed E-state index contributed by atoms with van der Waals surface area (Å²) in [6, 6.07) is 16.8. The summed E-state index contributed by atoms with van der Waals surface area (Å²) in [5, 5.41) is 3.38. The molecule has 1 unspecified atom stereocenters. The van der Waals surface area contributed by atoms with E-state index in [1.807, 2.05) is 18.2 Å². The fraction of sp³-hybridized carbons (Fsp3) is 0.333. The van der Waals surface area contributed by atoms with Crippen molar-refractivity contribution in [3.05, 3.63) is 69.7 Å². The zero-order valence-corrected chi connectivity index (χ0v) is 14.2. The van der Waals surface area contributed by atoms with Gasteiger partial charge in [-0.1, -0.05) is 70.9 Å². The van der Waals surface area contributed by atoms with Crippen LogP contribution in [0.3, 0.4) is 0 Å². The smallest absolute Gasteiger partial charge is 0.0953 e. The van der Waals surface area contributed by atoms with Gasteiger partial charge in [-0.25, -0.2) is 0 Å². The van der Waals surface area contributed by atoms with Crippen molar-refractivity contribution < 1.29 is 4.74 Å². The van der Waals surface area contributed by atoms with Crippen molar-refractivity contribution in [2.24, 2.45) is 0 Å². The molecule has 112 valence electrons. The Morgan fingerprint density at radius 2 is 1.81 bits per heavy atom. The van der Waals surface area contributed by atoms with E-state index in [4.69, 9.17) is 4.74 Å². The molecule has 0 aliphatic heterocycles. The minimum absolute atomic E-state index is 0.0673. The van der Waals surface area contributed by atoms with Crippen molar-refractivity contribution in [2.75, 3.05) is 13.1 Å². The Bertz CT molecular complexity index is 553. The van der Waals surface area contributed by atoms with Gasteiger partial charge in [0.2, 0.25) is 0 Å². The molecule has 0 saturated carbocycles. The average molecular weight is 348 g/mol. The Balaban J connectivity index is 2.06. The van der Waals surface area contributed by atoms with E-state index < -0.39 is 0 Å². The van der Waals surface area contributed by atoms with E-state index in [1.165, 1.54) is 16.7 Å². The lowest BCUT2D eigenvalue weighted by atomic mass is 10.1. The van der Waals surface area contributed by atoms with Crippen LogP contribution in [0, 0.1) is 6.92 Å². The number of nitrogens with one attached hydrogen (secondary N) is 1. The van der Waals surface area contributed by atoms with Crippen LogP contribution in [0.15, 0.2) is 53.0 Å². The predicted octanol–water partition coefficient (Wildman–Crippen LogP) is 4.62. The highest BCUT2D eigenvalue weighted by atomic mass is 79.9. The van der Waals surface area contributed by atoms with Crippen LogP contribution < -0.4 is 5.32 Å². The van der Waals surface area contributed by atoms with Gasteiger partial charge in [-0.05, 0) is 30.7 Å². The third-order valence-electron chi connectivity index (χ3n) is 3.43. The third kappa shape index (κ3) is 4.95. The van der Waals surface area contributed by atoms with Crippen molar-refractivity contribution >= 4 is 15.9 Å². The molecule has 0 aliphatic carbocycles. The van der Waals surface area contributed by atoms with Gasteiger partial charge in [0.25, 0.3) is 0 Å². The summed E-state index contributed by atoms with van der Waals surface area (Å²) in [4.78, 5) is 0. The van der Waals surface area contributed by atoms with E-state index in [-0.39, 0.29) is 6.10 Å². The first-order valence-corrected chi connectivity index (χ1v) is 8.12. The minimum Gasteiger partial charge on any atom is -0.367 e. The number of aryl methyl sites for hydroxylation is 1. The highest BCUT2D eigenvalue weighted by molar-refractivity contribution is 9.10. The Hall–Kier alpha value is -1.16. The van der Waals surface area contributed by atoms with Gasteiger partial charge in [0.1, 0.15) is 0 Å². The molecular formula is C18H22BrNO. The van der Waals surface area contributed by atoms with E-state index in [0.717, 1.165) is 17.6 Å². The average Bonchev–Trinajstić information content (AvgIpc) is 2.50. The number of rotatable bonds is 7. The normalized spacial score (nSPS) is 12.3. The van der Waals surface area contributed by atoms with Crippen molar-refractivity contribution in [1.29, 1.82) is 0 Å². The molecule has 0 aliphatic rings. The van der Waals surface area contributed by atoms with Crippen LogP contribution >= 0.6 is 15.9 Å². The summed E-state index contributed by atoms with van der Waals surface area (Å²) in [5.74, 6) is 0. The molecule has 0 saturated heterocycles. The molecule has 3 heteroatoms. The first kappa shape index (κ1) is 16.2. The molecule has 0 amide bonds. The van der Waals surface area contributed by atoms with Crippen LogP contribution in [0.25, 0.3) is 0 Å². The second-order valence-electron chi connectivity index (χ2n) is 5.11.